The first-order valence-electron chi connectivity index (χ1n) is 7.35. The summed E-state index contributed by atoms with van der Waals surface area (Å²) in [6, 6.07) is 11.5. The number of hydrogen-bond donors (Lipinski definition) is 0. The van der Waals surface area contributed by atoms with Gasteiger partial charge in [-0.3, -0.25) is 4.99 Å². The summed E-state index contributed by atoms with van der Waals surface area (Å²) in [5.41, 5.74) is 1.29. The van der Waals surface area contributed by atoms with Gasteiger partial charge in [-0.15, -0.1) is 0 Å². The quantitative estimate of drug-likeness (QED) is 0.566. The summed E-state index contributed by atoms with van der Waals surface area (Å²) in [6.07, 6.45) is -4.41. The van der Waals surface area contributed by atoms with Gasteiger partial charge in [0, 0.05) is 12.6 Å². The SMILES string of the molecule is CN=C(/C(C)=N/OC)c1ccc(Oc2cccc(C(F)(F)F)c2)cc1. The third kappa shape index (κ3) is 4.82. The highest BCUT2D eigenvalue weighted by Crippen LogP contribution is 2.32. The van der Waals surface area contributed by atoms with E-state index in [9.17, 15) is 13.2 Å². The lowest BCUT2D eigenvalue weighted by molar-refractivity contribution is -0.137. The van der Waals surface area contributed by atoms with Crippen LogP contribution in [-0.2, 0) is 11.0 Å². The third-order valence-corrected chi connectivity index (χ3v) is 3.32. The van der Waals surface area contributed by atoms with E-state index in [1.165, 1.54) is 19.2 Å². The molecule has 2 aromatic carbocycles. The van der Waals surface area contributed by atoms with E-state index >= 15 is 0 Å². The van der Waals surface area contributed by atoms with Gasteiger partial charge in [0.2, 0.25) is 0 Å². The highest BCUT2D eigenvalue weighted by atomic mass is 19.4. The molecule has 0 spiro atoms. The Labute approximate surface area is 143 Å². The number of nitrogens with zero attached hydrogens (tertiary/aromatic N) is 2. The van der Waals surface area contributed by atoms with E-state index in [1.54, 1.807) is 38.2 Å². The fourth-order valence-corrected chi connectivity index (χ4v) is 2.23. The zero-order valence-corrected chi connectivity index (χ0v) is 14.0. The molecule has 7 heteroatoms. The standard InChI is InChI=1S/C18H17F3N2O2/c1-12(23-24-3)17(22-2)13-7-9-15(10-8-13)25-16-6-4-5-14(11-16)18(19,20)21/h4-11H,1-3H3/b22-17?,23-12+. The lowest BCUT2D eigenvalue weighted by Gasteiger charge is -2.11. The lowest BCUT2D eigenvalue weighted by Crippen LogP contribution is -2.12. The zero-order valence-electron chi connectivity index (χ0n) is 14.0. The molecule has 25 heavy (non-hydrogen) atoms. The maximum absolute atomic E-state index is 12.7. The molecule has 0 aliphatic heterocycles. The van der Waals surface area contributed by atoms with Crippen molar-refractivity contribution in [1.29, 1.82) is 0 Å². The number of aliphatic imine (C=N–C) groups is 1. The van der Waals surface area contributed by atoms with Crippen molar-refractivity contribution in [2.45, 2.75) is 13.1 Å². The van der Waals surface area contributed by atoms with Crippen molar-refractivity contribution in [3.05, 3.63) is 59.7 Å². The summed E-state index contributed by atoms with van der Waals surface area (Å²) in [6.45, 7) is 1.76. The number of halogens is 3. The Hall–Kier alpha value is -2.83. The zero-order chi connectivity index (χ0) is 18.4. The molecule has 0 saturated carbocycles. The summed E-state index contributed by atoms with van der Waals surface area (Å²) in [5.74, 6) is 0.531. The number of alkyl halides is 3. The van der Waals surface area contributed by atoms with Gasteiger partial charge in [0.15, 0.2) is 0 Å². The first-order valence-corrected chi connectivity index (χ1v) is 7.35. The lowest BCUT2D eigenvalue weighted by atomic mass is 10.1. The highest BCUT2D eigenvalue weighted by Gasteiger charge is 2.30. The Morgan fingerprint density at radius 2 is 1.68 bits per heavy atom. The normalized spacial score (nSPS) is 12.9. The second kappa shape index (κ2) is 7.83. The minimum Gasteiger partial charge on any atom is -0.457 e. The molecular formula is C18H17F3N2O2. The van der Waals surface area contributed by atoms with E-state index in [2.05, 4.69) is 10.1 Å². The summed E-state index contributed by atoms with van der Waals surface area (Å²) in [5, 5.41) is 3.84. The molecule has 0 bridgehead atoms. The Balaban J connectivity index is 2.20. The van der Waals surface area contributed by atoms with Crippen molar-refractivity contribution in [2.75, 3.05) is 14.2 Å². The van der Waals surface area contributed by atoms with Crippen molar-refractivity contribution < 1.29 is 22.7 Å². The van der Waals surface area contributed by atoms with Crippen molar-refractivity contribution in [2.24, 2.45) is 10.1 Å². The van der Waals surface area contributed by atoms with Crippen molar-refractivity contribution in [3.8, 4) is 11.5 Å². The second-order valence-corrected chi connectivity index (χ2v) is 5.08. The molecule has 4 nitrogen and oxygen atoms in total. The molecule has 0 aromatic heterocycles. The Morgan fingerprint density at radius 3 is 2.24 bits per heavy atom. The van der Waals surface area contributed by atoms with Crippen LogP contribution in [-0.4, -0.2) is 25.6 Å². The van der Waals surface area contributed by atoms with Gasteiger partial charge in [0.1, 0.15) is 24.3 Å². The summed E-state index contributed by atoms with van der Waals surface area (Å²) >= 11 is 0. The van der Waals surface area contributed by atoms with E-state index in [4.69, 9.17) is 9.57 Å². The van der Waals surface area contributed by atoms with Gasteiger partial charge >= 0.3 is 6.18 Å². The minimum absolute atomic E-state index is 0.115. The average Bonchev–Trinajstić information content (AvgIpc) is 2.57. The Bertz CT molecular complexity index is 782. The molecule has 0 aliphatic carbocycles. The Kier molecular flexibility index (Phi) is 5.80. The van der Waals surface area contributed by atoms with Crippen LogP contribution in [0, 0.1) is 0 Å². The first kappa shape index (κ1) is 18.5. The molecular weight excluding hydrogens is 333 g/mol. The monoisotopic (exact) mass is 350 g/mol. The minimum atomic E-state index is -4.41. The predicted octanol–water partition coefficient (Wildman–Crippen LogP) is 4.94. The van der Waals surface area contributed by atoms with Crippen LogP contribution in [0.3, 0.4) is 0 Å². The number of rotatable bonds is 5. The van der Waals surface area contributed by atoms with Crippen LogP contribution in [0.15, 0.2) is 58.7 Å². The van der Waals surface area contributed by atoms with Crippen LogP contribution in [0.25, 0.3) is 0 Å². The van der Waals surface area contributed by atoms with Crippen molar-refractivity contribution in [3.63, 3.8) is 0 Å². The number of benzene rings is 2. The third-order valence-electron chi connectivity index (χ3n) is 3.32. The average molecular weight is 350 g/mol. The van der Waals surface area contributed by atoms with Gasteiger partial charge in [0.05, 0.1) is 11.3 Å². The largest absolute Gasteiger partial charge is 0.457 e. The fraction of sp³-hybridized carbons (Fsp3) is 0.222. The molecule has 0 amide bonds. The number of hydrogen-bond acceptors (Lipinski definition) is 4. The molecule has 2 rings (SSSR count). The summed E-state index contributed by atoms with van der Waals surface area (Å²) in [7, 11) is 3.08. The van der Waals surface area contributed by atoms with Gasteiger partial charge in [-0.25, -0.2) is 0 Å². The van der Waals surface area contributed by atoms with E-state index < -0.39 is 11.7 Å². The molecule has 132 valence electrons. The molecule has 0 fully saturated rings. The van der Waals surface area contributed by atoms with Crippen molar-refractivity contribution >= 4 is 11.4 Å². The summed E-state index contributed by atoms with van der Waals surface area (Å²) < 4.78 is 43.7. The molecule has 0 aliphatic rings. The van der Waals surface area contributed by atoms with Crippen LogP contribution in [0.5, 0.6) is 11.5 Å². The van der Waals surface area contributed by atoms with Crippen LogP contribution < -0.4 is 4.74 Å². The van der Waals surface area contributed by atoms with Crippen LogP contribution >= 0.6 is 0 Å². The van der Waals surface area contributed by atoms with Crippen molar-refractivity contribution in [1.82, 2.24) is 0 Å². The molecule has 0 unspecified atom stereocenters. The van der Waals surface area contributed by atoms with Gasteiger partial charge in [-0.2, -0.15) is 13.2 Å². The van der Waals surface area contributed by atoms with E-state index in [0.717, 1.165) is 17.7 Å². The van der Waals surface area contributed by atoms with Gasteiger partial charge in [-0.05, 0) is 49.4 Å². The smallest absolute Gasteiger partial charge is 0.416 e. The van der Waals surface area contributed by atoms with Crippen LogP contribution in [0.1, 0.15) is 18.1 Å². The molecule has 0 saturated heterocycles. The topological polar surface area (TPSA) is 43.2 Å². The number of oxime groups is 1. The van der Waals surface area contributed by atoms with Gasteiger partial charge in [-0.1, -0.05) is 11.2 Å². The molecule has 0 atom stereocenters. The van der Waals surface area contributed by atoms with E-state index in [0.29, 0.717) is 17.2 Å². The van der Waals surface area contributed by atoms with Crippen LogP contribution in [0.4, 0.5) is 13.2 Å². The highest BCUT2D eigenvalue weighted by molar-refractivity contribution is 6.47. The molecule has 0 N–H and O–H groups in total. The van der Waals surface area contributed by atoms with E-state index in [1.807, 2.05) is 0 Å². The second-order valence-electron chi connectivity index (χ2n) is 5.08. The maximum Gasteiger partial charge on any atom is 0.416 e. The molecule has 0 radical (unpaired) electrons. The first-order chi connectivity index (χ1) is 11.8. The molecule has 2 aromatic rings. The van der Waals surface area contributed by atoms with E-state index in [-0.39, 0.29) is 5.75 Å². The predicted molar refractivity (Wildman–Crippen MR) is 90.5 cm³/mol. The van der Waals surface area contributed by atoms with Crippen LogP contribution in [0.2, 0.25) is 0 Å². The fourth-order valence-electron chi connectivity index (χ4n) is 2.23. The molecule has 0 heterocycles. The van der Waals surface area contributed by atoms with Gasteiger partial charge < -0.3 is 9.57 Å². The maximum atomic E-state index is 12.7. The Morgan fingerprint density at radius 1 is 1.00 bits per heavy atom. The number of ether oxygens (including phenoxy) is 1. The summed E-state index contributed by atoms with van der Waals surface area (Å²) in [4.78, 5) is 8.91. The van der Waals surface area contributed by atoms with Gasteiger partial charge in [0.25, 0.3) is 0 Å².